The summed E-state index contributed by atoms with van der Waals surface area (Å²) in [7, 11) is 1.48. The number of alkyl halides is 3. The lowest BCUT2D eigenvalue weighted by molar-refractivity contribution is -0.183. The summed E-state index contributed by atoms with van der Waals surface area (Å²) >= 11 is 0. The second-order valence-corrected chi connectivity index (χ2v) is 5.25. The Balaban J connectivity index is 0.00000288. The van der Waals surface area contributed by atoms with Crippen LogP contribution in [0, 0.1) is 0 Å². The molecule has 1 unspecified atom stereocenters. The normalized spacial score (nSPS) is 17.2. The minimum Gasteiger partial charge on any atom is -0.453 e. The molecule has 0 bridgehead atoms. The standard InChI is InChI=1S/C14H20F3N3O3.ClH/c1-22-9-10-2-3-11(23-10)13(21)19-8-12(14(15,16)17)20-6-4-18-5-7-20;/h2-3,12,18H,4-9H2,1H3,(H,19,21);1H. The van der Waals surface area contributed by atoms with E-state index in [4.69, 9.17) is 9.15 Å². The van der Waals surface area contributed by atoms with E-state index in [0.717, 1.165) is 0 Å². The summed E-state index contributed by atoms with van der Waals surface area (Å²) in [5, 5.41) is 5.31. The Morgan fingerprint density at radius 1 is 1.42 bits per heavy atom. The van der Waals surface area contributed by atoms with Gasteiger partial charge in [0.15, 0.2) is 5.76 Å². The first-order chi connectivity index (χ1) is 10.9. The first-order valence-electron chi connectivity index (χ1n) is 7.29. The SMILES string of the molecule is COCc1ccc(C(=O)NCC(N2CCNCC2)C(F)(F)F)o1.Cl. The molecule has 10 heteroatoms. The lowest BCUT2D eigenvalue weighted by atomic mass is 10.2. The van der Waals surface area contributed by atoms with Gasteiger partial charge in [0.1, 0.15) is 18.4 Å². The number of rotatable bonds is 6. The van der Waals surface area contributed by atoms with Crippen molar-refractivity contribution < 1.29 is 27.1 Å². The Hall–Kier alpha value is -1.29. The van der Waals surface area contributed by atoms with E-state index >= 15 is 0 Å². The summed E-state index contributed by atoms with van der Waals surface area (Å²) in [5.74, 6) is -0.262. The van der Waals surface area contributed by atoms with Gasteiger partial charge in [-0.1, -0.05) is 0 Å². The van der Waals surface area contributed by atoms with Crippen LogP contribution in [0.25, 0.3) is 0 Å². The van der Waals surface area contributed by atoms with E-state index in [9.17, 15) is 18.0 Å². The van der Waals surface area contributed by atoms with Gasteiger partial charge in [0.25, 0.3) is 5.91 Å². The number of nitrogens with zero attached hydrogens (tertiary/aromatic N) is 1. The number of furan rings is 1. The molecule has 2 rings (SSSR count). The van der Waals surface area contributed by atoms with Crippen LogP contribution >= 0.6 is 12.4 Å². The van der Waals surface area contributed by atoms with E-state index in [1.54, 1.807) is 6.07 Å². The van der Waals surface area contributed by atoms with Crippen LogP contribution in [-0.2, 0) is 11.3 Å². The van der Waals surface area contributed by atoms with Crippen molar-refractivity contribution >= 4 is 18.3 Å². The molecule has 2 N–H and O–H groups in total. The van der Waals surface area contributed by atoms with Crippen LogP contribution in [0.2, 0.25) is 0 Å². The molecular weight excluding hydrogens is 351 g/mol. The Bertz CT molecular complexity index is 519. The van der Waals surface area contributed by atoms with Gasteiger partial charge in [0.05, 0.1) is 0 Å². The van der Waals surface area contributed by atoms with E-state index in [-0.39, 0.29) is 24.8 Å². The minimum atomic E-state index is -4.41. The smallest absolute Gasteiger partial charge is 0.405 e. The van der Waals surface area contributed by atoms with Crippen LogP contribution < -0.4 is 10.6 Å². The molecule has 2 heterocycles. The number of amides is 1. The van der Waals surface area contributed by atoms with E-state index in [2.05, 4.69) is 10.6 Å². The minimum absolute atomic E-state index is 0. The highest BCUT2D eigenvalue weighted by Gasteiger charge is 2.43. The lowest BCUT2D eigenvalue weighted by Gasteiger charge is -2.35. The second kappa shape index (κ2) is 9.26. The summed E-state index contributed by atoms with van der Waals surface area (Å²) in [6, 6.07) is 1.26. The Labute approximate surface area is 144 Å². The molecule has 1 aromatic heterocycles. The predicted molar refractivity (Wildman–Crippen MR) is 83.3 cm³/mol. The van der Waals surface area contributed by atoms with Crippen molar-refractivity contribution in [2.75, 3.05) is 39.8 Å². The molecule has 1 saturated heterocycles. The zero-order chi connectivity index (χ0) is 16.9. The van der Waals surface area contributed by atoms with Crippen molar-refractivity contribution in [1.82, 2.24) is 15.5 Å². The maximum Gasteiger partial charge on any atom is 0.405 e. The molecule has 138 valence electrons. The van der Waals surface area contributed by atoms with Crippen molar-refractivity contribution in [2.24, 2.45) is 0 Å². The third-order valence-electron chi connectivity index (χ3n) is 3.60. The third-order valence-corrected chi connectivity index (χ3v) is 3.60. The third kappa shape index (κ3) is 5.66. The molecule has 0 aromatic carbocycles. The zero-order valence-corrected chi connectivity index (χ0v) is 14.0. The Kier molecular flexibility index (Phi) is 8.01. The molecule has 0 aliphatic carbocycles. The van der Waals surface area contributed by atoms with Crippen LogP contribution in [0.5, 0.6) is 0 Å². The van der Waals surface area contributed by atoms with Gasteiger partial charge >= 0.3 is 6.18 Å². The number of piperazine rings is 1. The fourth-order valence-corrected chi connectivity index (χ4v) is 2.44. The van der Waals surface area contributed by atoms with Gasteiger partial charge in [-0.25, -0.2) is 0 Å². The van der Waals surface area contributed by atoms with Gasteiger partial charge in [-0.15, -0.1) is 12.4 Å². The summed E-state index contributed by atoms with van der Waals surface area (Å²) < 4.78 is 49.7. The molecule has 1 amide bonds. The number of carbonyl (C=O) groups is 1. The van der Waals surface area contributed by atoms with Gasteiger partial charge < -0.3 is 19.8 Å². The first-order valence-corrected chi connectivity index (χ1v) is 7.29. The lowest BCUT2D eigenvalue weighted by Crippen LogP contribution is -2.57. The van der Waals surface area contributed by atoms with Crippen molar-refractivity contribution in [3.8, 4) is 0 Å². The summed E-state index contributed by atoms with van der Waals surface area (Å²) in [6.45, 7) is 1.26. The number of halogens is 4. The largest absolute Gasteiger partial charge is 0.453 e. The molecule has 0 radical (unpaired) electrons. The topological polar surface area (TPSA) is 66.7 Å². The number of hydrogen-bond acceptors (Lipinski definition) is 5. The Morgan fingerprint density at radius 3 is 2.67 bits per heavy atom. The number of nitrogens with one attached hydrogen (secondary N) is 2. The van der Waals surface area contributed by atoms with Crippen LogP contribution in [0.15, 0.2) is 16.5 Å². The molecule has 24 heavy (non-hydrogen) atoms. The average Bonchev–Trinajstić information content (AvgIpc) is 2.96. The van der Waals surface area contributed by atoms with E-state index in [0.29, 0.717) is 31.9 Å². The van der Waals surface area contributed by atoms with Gasteiger partial charge in [0, 0.05) is 39.8 Å². The molecule has 1 aromatic rings. The van der Waals surface area contributed by atoms with Crippen LogP contribution in [0.3, 0.4) is 0 Å². The zero-order valence-electron chi connectivity index (χ0n) is 13.2. The molecule has 0 saturated carbocycles. The average molecular weight is 372 g/mol. The van der Waals surface area contributed by atoms with Gasteiger partial charge in [-0.2, -0.15) is 13.2 Å². The van der Waals surface area contributed by atoms with Crippen LogP contribution in [-0.4, -0.2) is 62.9 Å². The van der Waals surface area contributed by atoms with Crippen LogP contribution in [0.4, 0.5) is 13.2 Å². The van der Waals surface area contributed by atoms with E-state index in [1.165, 1.54) is 18.1 Å². The number of ether oxygens (including phenoxy) is 1. The van der Waals surface area contributed by atoms with Crippen molar-refractivity contribution in [3.63, 3.8) is 0 Å². The number of carbonyl (C=O) groups excluding carboxylic acids is 1. The molecule has 1 aliphatic heterocycles. The maximum absolute atomic E-state index is 13.2. The molecule has 1 aliphatic rings. The Morgan fingerprint density at radius 2 is 2.08 bits per heavy atom. The summed E-state index contributed by atoms with van der Waals surface area (Å²) in [6.07, 6.45) is -4.41. The van der Waals surface area contributed by atoms with Crippen molar-refractivity contribution in [1.29, 1.82) is 0 Å². The molecule has 1 atom stereocenters. The van der Waals surface area contributed by atoms with Gasteiger partial charge in [0.2, 0.25) is 0 Å². The number of methoxy groups -OCH3 is 1. The molecule has 0 spiro atoms. The predicted octanol–water partition coefficient (Wildman–Crippen LogP) is 1.41. The highest BCUT2D eigenvalue weighted by atomic mass is 35.5. The molecule has 6 nitrogen and oxygen atoms in total. The summed E-state index contributed by atoms with van der Waals surface area (Å²) in [5.41, 5.74) is 0. The summed E-state index contributed by atoms with van der Waals surface area (Å²) in [4.78, 5) is 13.3. The molecule has 1 fully saturated rings. The number of hydrogen-bond donors (Lipinski definition) is 2. The van der Waals surface area contributed by atoms with E-state index in [1.807, 2.05) is 0 Å². The van der Waals surface area contributed by atoms with E-state index < -0.39 is 24.7 Å². The van der Waals surface area contributed by atoms with Gasteiger partial charge in [-0.3, -0.25) is 9.69 Å². The van der Waals surface area contributed by atoms with Crippen LogP contribution in [0.1, 0.15) is 16.3 Å². The van der Waals surface area contributed by atoms with Crippen molar-refractivity contribution in [2.45, 2.75) is 18.8 Å². The monoisotopic (exact) mass is 371 g/mol. The second-order valence-electron chi connectivity index (χ2n) is 5.25. The fraction of sp³-hybridized carbons (Fsp3) is 0.643. The molecular formula is C14H21ClF3N3O3. The first kappa shape index (κ1) is 20.8. The highest BCUT2D eigenvalue weighted by Crippen LogP contribution is 2.25. The maximum atomic E-state index is 13.2. The fourth-order valence-electron chi connectivity index (χ4n) is 2.44. The van der Waals surface area contributed by atoms with Crippen molar-refractivity contribution in [3.05, 3.63) is 23.7 Å². The van der Waals surface area contributed by atoms with Gasteiger partial charge in [-0.05, 0) is 12.1 Å². The highest BCUT2D eigenvalue weighted by molar-refractivity contribution is 5.91. The quantitative estimate of drug-likeness (QED) is 0.791.